The standard InChI is InChI=1S/C16H21FN2O2/c17-14-4-2-13(3-5-14)10-19-15(20)11-21-12-16(19)6-1-8-18-9-7-16/h2-5,18H,1,6-12H2. The van der Waals surface area contributed by atoms with E-state index in [1.807, 2.05) is 4.90 Å². The van der Waals surface area contributed by atoms with Gasteiger partial charge in [-0.15, -0.1) is 0 Å². The number of morpholine rings is 1. The molecule has 1 atom stereocenters. The minimum atomic E-state index is -0.250. The maximum Gasteiger partial charge on any atom is 0.249 e. The zero-order chi connectivity index (χ0) is 14.7. The second-order valence-electron chi connectivity index (χ2n) is 5.93. The lowest BCUT2D eigenvalue weighted by atomic mass is 9.87. The predicted molar refractivity (Wildman–Crippen MR) is 77.2 cm³/mol. The number of hydrogen-bond donors (Lipinski definition) is 1. The molecular weight excluding hydrogens is 271 g/mol. The quantitative estimate of drug-likeness (QED) is 0.902. The van der Waals surface area contributed by atoms with Crippen molar-refractivity contribution < 1.29 is 13.9 Å². The van der Waals surface area contributed by atoms with Crippen LogP contribution in [-0.4, -0.2) is 42.6 Å². The van der Waals surface area contributed by atoms with E-state index < -0.39 is 0 Å². The van der Waals surface area contributed by atoms with Crippen molar-refractivity contribution in [1.82, 2.24) is 10.2 Å². The second kappa shape index (κ2) is 6.12. The lowest BCUT2D eigenvalue weighted by Gasteiger charge is -2.46. The van der Waals surface area contributed by atoms with E-state index in [1.54, 1.807) is 12.1 Å². The van der Waals surface area contributed by atoms with Crippen molar-refractivity contribution in [2.24, 2.45) is 0 Å². The van der Waals surface area contributed by atoms with Crippen molar-refractivity contribution in [3.8, 4) is 0 Å². The molecule has 114 valence electrons. The van der Waals surface area contributed by atoms with Crippen molar-refractivity contribution in [2.45, 2.75) is 31.3 Å². The van der Waals surface area contributed by atoms with Gasteiger partial charge in [0.05, 0.1) is 12.1 Å². The summed E-state index contributed by atoms with van der Waals surface area (Å²) in [7, 11) is 0. The number of nitrogens with zero attached hydrogens (tertiary/aromatic N) is 1. The van der Waals surface area contributed by atoms with E-state index in [0.717, 1.165) is 37.9 Å². The molecule has 0 radical (unpaired) electrons. The Morgan fingerprint density at radius 2 is 2.05 bits per heavy atom. The molecule has 1 N–H and O–H groups in total. The Kier molecular flexibility index (Phi) is 4.22. The van der Waals surface area contributed by atoms with E-state index in [-0.39, 0.29) is 23.9 Å². The van der Waals surface area contributed by atoms with Gasteiger partial charge in [0.15, 0.2) is 0 Å². The van der Waals surface area contributed by atoms with Crippen LogP contribution < -0.4 is 5.32 Å². The number of amides is 1. The minimum Gasteiger partial charge on any atom is -0.369 e. The maximum absolute atomic E-state index is 13.0. The van der Waals surface area contributed by atoms with E-state index >= 15 is 0 Å². The van der Waals surface area contributed by atoms with E-state index in [1.165, 1.54) is 12.1 Å². The molecule has 0 aliphatic carbocycles. The third-order valence-corrected chi connectivity index (χ3v) is 4.49. The minimum absolute atomic E-state index is 0.0347. The van der Waals surface area contributed by atoms with E-state index in [0.29, 0.717) is 13.2 Å². The van der Waals surface area contributed by atoms with Crippen LogP contribution in [0.3, 0.4) is 0 Å². The lowest BCUT2D eigenvalue weighted by molar-refractivity contribution is -0.160. The van der Waals surface area contributed by atoms with Gasteiger partial charge in [-0.1, -0.05) is 12.1 Å². The molecule has 1 aromatic rings. The molecule has 2 aliphatic heterocycles. The monoisotopic (exact) mass is 292 g/mol. The molecule has 2 saturated heterocycles. The highest BCUT2D eigenvalue weighted by molar-refractivity contribution is 5.79. The van der Waals surface area contributed by atoms with Crippen LogP contribution in [0.4, 0.5) is 4.39 Å². The van der Waals surface area contributed by atoms with Gasteiger partial charge in [0, 0.05) is 6.54 Å². The molecular formula is C16H21FN2O2. The number of benzene rings is 1. The largest absolute Gasteiger partial charge is 0.369 e. The smallest absolute Gasteiger partial charge is 0.249 e. The topological polar surface area (TPSA) is 41.6 Å². The number of rotatable bonds is 2. The maximum atomic E-state index is 13.0. The van der Waals surface area contributed by atoms with Gasteiger partial charge in [0.1, 0.15) is 12.4 Å². The van der Waals surface area contributed by atoms with Gasteiger partial charge in [0.2, 0.25) is 5.91 Å². The van der Waals surface area contributed by atoms with Gasteiger partial charge in [-0.2, -0.15) is 0 Å². The molecule has 0 bridgehead atoms. The Morgan fingerprint density at radius 1 is 1.24 bits per heavy atom. The van der Waals surface area contributed by atoms with Gasteiger partial charge in [-0.05, 0) is 50.0 Å². The third kappa shape index (κ3) is 3.09. The van der Waals surface area contributed by atoms with Crippen LogP contribution in [0, 0.1) is 5.82 Å². The lowest BCUT2D eigenvalue weighted by Crippen LogP contribution is -2.59. The van der Waals surface area contributed by atoms with Gasteiger partial charge in [-0.3, -0.25) is 4.79 Å². The van der Waals surface area contributed by atoms with Crippen molar-refractivity contribution in [3.05, 3.63) is 35.6 Å². The number of carbonyl (C=O) groups excluding carboxylic acids is 1. The van der Waals surface area contributed by atoms with Crippen molar-refractivity contribution >= 4 is 5.91 Å². The van der Waals surface area contributed by atoms with Gasteiger partial charge >= 0.3 is 0 Å². The third-order valence-electron chi connectivity index (χ3n) is 4.49. The van der Waals surface area contributed by atoms with Gasteiger partial charge < -0.3 is 15.0 Å². The first kappa shape index (κ1) is 14.5. The zero-order valence-corrected chi connectivity index (χ0v) is 12.1. The average molecular weight is 292 g/mol. The number of carbonyl (C=O) groups is 1. The normalized spacial score (nSPS) is 26.9. The Hall–Kier alpha value is -1.46. The summed E-state index contributed by atoms with van der Waals surface area (Å²) in [6, 6.07) is 6.39. The number of hydrogen-bond acceptors (Lipinski definition) is 3. The Balaban J connectivity index is 1.83. The molecule has 5 heteroatoms. The van der Waals surface area contributed by atoms with Crippen molar-refractivity contribution in [3.63, 3.8) is 0 Å². The summed E-state index contributed by atoms with van der Waals surface area (Å²) in [5.41, 5.74) is 0.746. The summed E-state index contributed by atoms with van der Waals surface area (Å²) in [4.78, 5) is 14.3. The first-order chi connectivity index (χ1) is 10.2. The van der Waals surface area contributed by atoms with Crippen LogP contribution in [0.2, 0.25) is 0 Å². The molecule has 21 heavy (non-hydrogen) atoms. The predicted octanol–water partition coefficient (Wildman–Crippen LogP) is 1.70. The SMILES string of the molecule is O=C1COCC2(CCCNCC2)N1Cc1ccc(F)cc1. The van der Waals surface area contributed by atoms with Crippen LogP contribution in [0.1, 0.15) is 24.8 Å². The van der Waals surface area contributed by atoms with Crippen LogP contribution in [-0.2, 0) is 16.1 Å². The highest BCUT2D eigenvalue weighted by atomic mass is 19.1. The Bertz CT molecular complexity index is 496. The van der Waals surface area contributed by atoms with Crippen LogP contribution in [0.25, 0.3) is 0 Å². The fourth-order valence-electron chi connectivity index (χ4n) is 3.30. The summed E-state index contributed by atoms with van der Waals surface area (Å²) in [5.74, 6) is -0.215. The van der Waals surface area contributed by atoms with E-state index in [9.17, 15) is 9.18 Å². The summed E-state index contributed by atoms with van der Waals surface area (Å²) in [6.07, 6.45) is 2.89. The van der Waals surface area contributed by atoms with Crippen molar-refractivity contribution in [2.75, 3.05) is 26.3 Å². The molecule has 1 amide bonds. The van der Waals surface area contributed by atoms with Crippen LogP contribution in [0.15, 0.2) is 24.3 Å². The Labute approximate surface area is 124 Å². The molecule has 2 heterocycles. The van der Waals surface area contributed by atoms with E-state index in [4.69, 9.17) is 4.74 Å². The highest BCUT2D eigenvalue weighted by Crippen LogP contribution is 2.32. The first-order valence-electron chi connectivity index (χ1n) is 7.53. The molecule has 1 unspecified atom stereocenters. The number of halogens is 1. The summed E-state index contributed by atoms with van der Waals surface area (Å²) < 4.78 is 18.6. The molecule has 3 rings (SSSR count). The second-order valence-corrected chi connectivity index (χ2v) is 5.93. The zero-order valence-electron chi connectivity index (χ0n) is 12.1. The summed E-state index contributed by atoms with van der Waals surface area (Å²) in [6.45, 7) is 3.16. The van der Waals surface area contributed by atoms with Crippen molar-refractivity contribution in [1.29, 1.82) is 0 Å². The summed E-state index contributed by atoms with van der Waals surface area (Å²) in [5, 5.41) is 3.38. The average Bonchev–Trinajstić information content (AvgIpc) is 2.72. The van der Waals surface area contributed by atoms with E-state index in [2.05, 4.69) is 5.32 Å². The fraction of sp³-hybridized carbons (Fsp3) is 0.562. The summed E-state index contributed by atoms with van der Waals surface area (Å²) >= 11 is 0. The van der Waals surface area contributed by atoms with Gasteiger partial charge in [0.25, 0.3) is 0 Å². The number of nitrogens with one attached hydrogen (secondary N) is 1. The molecule has 4 nitrogen and oxygen atoms in total. The molecule has 0 aromatic heterocycles. The Morgan fingerprint density at radius 3 is 2.86 bits per heavy atom. The highest BCUT2D eigenvalue weighted by Gasteiger charge is 2.43. The molecule has 2 fully saturated rings. The molecule has 1 spiro atoms. The fourth-order valence-corrected chi connectivity index (χ4v) is 3.30. The number of ether oxygens (including phenoxy) is 1. The van der Waals surface area contributed by atoms with Crippen LogP contribution >= 0.6 is 0 Å². The molecule has 2 aliphatic rings. The molecule has 0 saturated carbocycles. The van der Waals surface area contributed by atoms with Gasteiger partial charge in [-0.25, -0.2) is 4.39 Å². The first-order valence-corrected chi connectivity index (χ1v) is 7.53. The van der Waals surface area contributed by atoms with Crippen LogP contribution in [0.5, 0.6) is 0 Å². The molecule has 1 aromatic carbocycles.